The highest BCUT2D eigenvalue weighted by Crippen LogP contribution is 2.43. The third kappa shape index (κ3) is 1.64. The van der Waals surface area contributed by atoms with Crippen LogP contribution in [0.4, 0.5) is 5.69 Å². The average molecular weight is 257 g/mol. The number of rotatable bonds is 1. The van der Waals surface area contributed by atoms with Crippen molar-refractivity contribution >= 4 is 17.4 Å². The molecule has 3 rings (SSSR count). The number of carbonyl (C=O) groups excluding carboxylic acids is 2. The van der Waals surface area contributed by atoms with Crippen molar-refractivity contribution < 1.29 is 14.7 Å². The number of carbonyl (C=O) groups is 2. The van der Waals surface area contributed by atoms with Crippen LogP contribution < -0.4 is 5.32 Å². The lowest BCUT2D eigenvalue weighted by Gasteiger charge is -2.26. The Bertz CT molecular complexity index is 618. The monoisotopic (exact) mass is 257 g/mol. The van der Waals surface area contributed by atoms with Crippen LogP contribution in [0, 0.1) is 6.92 Å². The van der Waals surface area contributed by atoms with Crippen LogP contribution in [-0.2, 0) is 15.2 Å². The number of allylic oxidation sites excluding steroid dienone is 1. The minimum atomic E-state index is -1.82. The van der Waals surface area contributed by atoms with Crippen molar-refractivity contribution in [2.24, 2.45) is 0 Å². The molecule has 1 aliphatic carbocycles. The van der Waals surface area contributed by atoms with Crippen molar-refractivity contribution in [2.75, 3.05) is 5.32 Å². The van der Waals surface area contributed by atoms with E-state index >= 15 is 0 Å². The molecule has 1 amide bonds. The Kier molecular flexibility index (Phi) is 2.57. The summed E-state index contributed by atoms with van der Waals surface area (Å²) in [5.41, 5.74) is 0.410. The first kappa shape index (κ1) is 12.1. The highest BCUT2D eigenvalue weighted by atomic mass is 16.3. The number of fused-ring (bicyclic) bond motifs is 1. The molecule has 4 heteroatoms. The number of aryl methyl sites for hydroxylation is 1. The van der Waals surface area contributed by atoms with Gasteiger partial charge in [0.1, 0.15) is 0 Å². The van der Waals surface area contributed by atoms with Crippen LogP contribution in [0.2, 0.25) is 0 Å². The van der Waals surface area contributed by atoms with Gasteiger partial charge >= 0.3 is 0 Å². The fraction of sp³-hybridized carbons (Fsp3) is 0.333. The first-order chi connectivity index (χ1) is 9.03. The van der Waals surface area contributed by atoms with Crippen molar-refractivity contribution in [1.29, 1.82) is 0 Å². The summed E-state index contributed by atoms with van der Waals surface area (Å²) < 4.78 is 0. The number of ketones is 1. The molecule has 2 aliphatic rings. The Morgan fingerprint density at radius 1 is 1.32 bits per heavy atom. The molecular formula is C15H15NO3. The number of nitrogens with one attached hydrogen (secondary N) is 1. The number of hydrogen-bond donors (Lipinski definition) is 2. The number of amides is 1. The SMILES string of the molecule is Cc1ccc2c(c1)C(O)(C1=CCCCC1=O)C(=O)N2. The molecule has 0 aromatic heterocycles. The van der Waals surface area contributed by atoms with Gasteiger partial charge in [-0.2, -0.15) is 0 Å². The van der Waals surface area contributed by atoms with Gasteiger partial charge in [-0.05, 0) is 25.8 Å². The quantitative estimate of drug-likeness (QED) is 0.806. The predicted molar refractivity (Wildman–Crippen MR) is 70.6 cm³/mol. The van der Waals surface area contributed by atoms with Crippen LogP contribution in [0.3, 0.4) is 0 Å². The maximum Gasteiger partial charge on any atom is 0.266 e. The Hall–Kier alpha value is -1.94. The van der Waals surface area contributed by atoms with Gasteiger partial charge in [-0.3, -0.25) is 9.59 Å². The zero-order valence-corrected chi connectivity index (χ0v) is 10.7. The molecule has 4 nitrogen and oxygen atoms in total. The largest absolute Gasteiger partial charge is 0.372 e. The topological polar surface area (TPSA) is 66.4 Å². The summed E-state index contributed by atoms with van der Waals surface area (Å²) in [5.74, 6) is -0.673. The maximum atomic E-state index is 12.2. The Morgan fingerprint density at radius 2 is 2.11 bits per heavy atom. The molecule has 1 aromatic carbocycles. The van der Waals surface area contributed by atoms with E-state index in [9.17, 15) is 14.7 Å². The molecule has 0 fully saturated rings. The van der Waals surface area contributed by atoms with E-state index in [0.29, 0.717) is 17.7 Å². The van der Waals surface area contributed by atoms with Crippen molar-refractivity contribution in [3.05, 3.63) is 41.0 Å². The van der Waals surface area contributed by atoms with Crippen LogP contribution >= 0.6 is 0 Å². The zero-order valence-electron chi connectivity index (χ0n) is 10.7. The van der Waals surface area contributed by atoms with Gasteiger partial charge in [0.2, 0.25) is 0 Å². The molecule has 19 heavy (non-hydrogen) atoms. The van der Waals surface area contributed by atoms with E-state index in [0.717, 1.165) is 18.4 Å². The molecule has 0 spiro atoms. The molecule has 1 atom stereocenters. The van der Waals surface area contributed by atoms with Gasteiger partial charge in [0, 0.05) is 23.2 Å². The summed E-state index contributed by atoms with van der Waals surface area (Å²) in [5, 5.41) is 13.5. The molecule has 0 saturated heterocycles. The van der Waals surface area contributed by atoms with Gasteiger partial charge in [-0.25, -0.2) is 0 Å². The van der Waals surface area contributed by atoms with E-state index in [-0.39, 0.29) is 11.4 Å². The predicted octanol–water partition coefficient (Wildman–Crippen LogP) is 1.81. The minimum Gasteiger partial charge on any atom is -0.372 e. The van der Waals surface area contributed by atoms with Crippen molar-refractivity contribution in [3.8, 4) is 0 Å². The van der Waals surface area contributed by atoms with E-state index in [2.05, 4.69) is 5.32 Å². The second-order valence-electron chi connectivity index (χ2n) is 5.15. The van der Waals surface area contributed by atoms with E-state index in [4.69, 9.17) is 0 Å². The van der Waals surface area contributed by atoms with Gasteiger partial charge in [-0.1, -0.05) is 23.8 Å². The summed E-state index contributed by atoms with van der Waals surface area (Å²) in [6, 6.07) is 5.38. The number of benzene rings is 1. The van der Waals surface area contributed by atoms with Gasteiger partial charge in [0.15, 0.2) is 11.4 Å². The summed E-state index contributed by atoms with van der Waals surface area (Å²) in [4.78, 5) is 24.2. The van der Waals surface area contributed by atoms with Crippen LogP contribution in [0.25, 0.3) is 0 Å². The number of anilines is 1. The van der Waals surface area contributed by atoms with Crippen LogP contribution in [0.15, 0.2) is 29.8 Å². The lowest BCUT2D eigenvalue weighted by molar-refractivity contribution is -0.133. The molecule has 98 valence electrons. The highest BCUT2D eigenvalue weighted by molar-refractivity contribution is 6.14. The van der Waals surface area contributed by atoms with Crippen LogP contribution in [0.5, 0.6) is 0 Å². The highest BCUT2D eigenvalue weighted by Gasteiger charge is 2.50. The van der Waals surface area contributed by atoms with E-state index in [1.807, 2.05) is 13.0 Å². The molecule has 2 N–H and O–H groups in total. The number of aliphatic hydroxyl groups is 1. The Balaban J connectivity index is 2.19. The lowest BCUT2D eigenvalue weighted by atomic mass is 9.80. The zero-order chi connectivity index (χ0) is 13.6. The molecule has 0 bridgehead atoms. The summed E-state index contributed by atoms with van der Waals surface area (Å²) in [6.45, 7) is 1.89. The van der Waals surface area contributed by atoms with Gasteiger partial charge in [0.05, 0.1) is 0 Å². The third-order valence-corrected chi connectivity index (χ3v) is 3.79. The van der Waals surface area contributed by atoms with Gasteiger partial charge < -0.3 is 10.4 Å². The Morgan fingerprint density at radius 3 is 2.84 bits per heavy atom. The molecule has 1 aliphatic heterocycles. The number of Topliss-reactive ketones (excluding diaryl/α,β-unsaturated/α-hetero) is 1. The fourth-order valence-corrected chi connectivity index (χ4v) is 2.78. The molecule has 1 heterocycles. The molecule has 1 unspecified atom stereocenters. The summed E-state index contributed by atoms with van der Waals surface area (Å²) in [7, 11) is 0. The number of hydrogen-bond acceptors (Lipinski definition) is 3. The molecule has 0 radical (unpaired) electrons. The first-order valence-electron chi connectivity index (χ1n) is 6.42. The van der Waals surface area contributed by atoms with Gasteiger partial charge in [0.25, 0.3) is 5.91 Å². The summed E-state index contributed by atoms with van der Waals surface area (Å²) in [6.07, 6.45) is 3.59. The minimum absolute atomic E-state index is 0.141. The normalized spacial score (nSPS) is 25.9. The first-order valence-corrected chi connectivity index (χ1v) is 6.42. The lowest BCUT2D eigenvalue weighted by Crippen LogP contribution is -2.40. The van der Waals surface area contributed by atoms with E-state index in [1.165, 1.54) is 0 Å². The van der Waals surface area contributed by atoms with E-state index < -0.39 is 11.5 Å². The van der Waals surface area contributed by atoms with Crippen LogP contribution in [-0.4, -0.2) is 16.8 Å². The van der Waals surface area contributed by atoms with Crippen molar-refractivity contribution in [3.63, 3.8) is 0 Å². The smallest absolute Gasteiger partial charge is 0.266 e. The second-order valence-corrected chi connectivity index (χ2v) is 5.15. The molecule has 1 aromatic rings. The maximum absolute atomic E-state index is 12.2. The fourth-order valence-electron chi connectivity index (χ4n) is 2.78. The molecule has 0 saturated carbocycles. The Labute approximate surface area is 111 Å². The summed E-state index contributed by atoms with van der Waals surface area (Å²) >= 11 is 0. The van der Waals surface area contributed by atoms with Crippen molar-refractivity contribution in [1.82, 2.24) is 0 Å². The second kappa shape index (κ2) is 4.03. The van der Waals surface area contributed by atoms with E-state index in [1.54, 1.807) is 18.2 Å². The van der Waals surface area contributed by atoms with Crippen molar-refractivity contribution in [2.45, 2.75) is 31.8 Å². The average Bonchev–Trinajstić information content (AvgIpc) is 2.64. The molecular weight excluding hydrogens is 242 g/mol. The third-order valence-electron chi connectivity index (χ3n) is 3.79. The standard InChI is InChI=1S/C15H15NO3/c1-9-6-7-12-11(8-9)15(19,14(18)16-12)10-4-2-3-5-13(10)17/h4,6-8,19H,2-3,5H2,1H3,(H,16,18). The van der Waals surface area contributed by atoms with Crippen LogP contribution in [0.1, 0.15) is 30.4 Å². The van der Waals surface area contributed by atoms with Gasteiger partial charge in [-0.15, -0.1) is 0 Å².